The van der Waals surface area contributed by atoms with Crippen LogP contribution in [0.1, 0.15) is 21.5 Å². The van der Waals surface area contributed by atoms with Gasteiger partial charge in [0.2, 0.25) is 10.0 Å². The Kier molecular flexibility index (Phi) is 6.32. The fraction of sp³-hybridized carbons (Fsp3) is 0.0952. The third-order valence-electron chi connectivity index (χ3n) is 4.25. The molecule has 8 heteroatoms. The minimum absolute atomic E-state index is 0.0470. The van der Waals surface area contributed by atoms with Crippen molar-refractivity contribution in [2.24, 2.45) is 0 Å². The number of carbonyl (C=O) groups is 1. The summed E-state index contributed by atoms with van der Waals surface area (Å²) in [7, 11) is -3.84. The van der Waals surface area contributed by atoms with Gasteiger partial charge in [-0.1, -0.05) is 48.0 Å². The van der Waals surface area contributed by atoms with Crippen LogP contribution in [0, 0.1) is 12.7 Å². The maximum atomic E-state index is 14.0. The van der Waals surface area contributed by atoms with E-state index in [2.05, 4.69) is 10.0 Å². The van der Waals surface area contributed by atoms with Crippen molar-refractivity contribution < 1.29 is 17.6 Å². The predicted octanol–water partition coefficient (Wildman–Crippen LogP) is 4.52. The summed E-state index contributed by atoms with van der Waals surface area (Å²) >= 11 is 5.71. The molecule has 0 unspecified atom stereocenters. The van der Waals surface area contributed by atoms with Crippen molar-refractivity contribution in [1.29, 1.82) is 0 Å². The van der Waals surface area contributed by atoms with Gasteiger partial charge in [-0.25, -0.2) is 17.5 Å². The summed E-state index contributed by atoms with van der Waals surface area (Å²) in [6, 6.07) is 17.2. The zero-order valence-corrected chi connectivity index (χ0v) is 17.0. The highest BCUT2D eigenvalue weighted by Crippen LogP contribution is 2.21. The SMILES string of the molecule is Cc1ccc(S(=O)(=O)NCc2ccccc2)cc1C(=O)Nc1ccc(Cl)cc1F. The van der Waals surface area contributed by atoms with Crippen molar-refractivity contribution in [1.82, 2.24) is 4.72 Å². The maximum absolute atomic E-state index is 14.0. The molecular weight excluding hydrogens is 415 g/mol. The van der Waals surface area contributed by atoms with Crippen molar-refractivity contribution >= 4 is 33.2 Å². The number of carbonyl (C=O) groups excluding carboxylic acids is 1. The van der Waals surface area contributed by atoms with Gasteiger partial charge in [-0.05, 0) is 48.4 Å². The van der Waals surface area contributed by atoms with E-state index in [9.17, 15) is 17.6 Å². The lowest BCUT2D eigenvalue weighted by Crippen LogP contribution is -2.24. The second kappa shape index (κ2) is 8.73. The van der Waals surface area contributed by atoms with Crippen LogP contribution in [0.25, 0.3) is 0 Å². The fourth-order valence-electron chi connectivity index (χ4n) is 2.65. The Morgan fingerprint density at radius 3 is 2.45 bits per heavy atom. The van der Waals surface area contributed by atoms with E-state index < -0.39 is 21.7 Å². The van der Waals surface area contributed by atoms with Gasteiger partial charge < -0.3 is 5.32 Å². The molecule has 0 aliphatic heterocycles. The van der Waals surface area contributed by atoms with E-state index in [1.807, 2.05) is 18.2 Å². The average molecular weight is 433 g/mol. The first-order valence-electron chi connectivity index (χ1n) is 8.67. The van der Waals surface area contributed by atoms with E-state index in [1.165, 1.54) is 30.3 Å². The van der Waals surface area contributed by atoms with Gasteiger partial charge in [0.25, 0.3) is 5.91 Å². The summed E-state index contributed by atoms with van der Waals surface area (Å²) < 4.78 is 41.7. The Balaban J connectivity index is 1.82. The topological polar surface area (TPSA) is 75.3 Å². The van der Waals surface area contributed by atoms with Crippen molar-refractivity contribution in [3.05, 3.63) is 94.3 Å². The number of sulfonamides is 1. The van der Waals surface area contributed by atoms with Gasteiger partial charge in [0, 0.05) is 17.1 Å². The molecule has 150 valence electrons. The van der Waals surface area contributed by atoms with Gasteiger partial charge in [0.15, 0.2) is 0 Å². The molecule has 0 aromatic heterocycles. The molecule has 1 amide bonds. The number of benzene rings is 3. The number of hydrogen-bond acceptors (Lipinski definition) is 3. The highest BCUT2D eigenvalue weighted by molar-refractivity contribution is 7.89. The van der Waals surface area contributed by atoms with Gasteiger partial charge in [-0.15, -0.1) is 0 Å². The summed E-state index contributed by atoms with van der Waals surface area (Å²) in [5.74, 6) is -1.30. The van der Waals surface area contributed by atoms with Crippen LogP contribution >= 0.6 is 11.6 Å². The summed E-state index contributed by atoms with van der Waals surface area (Å²) in [4.78, 5) is 12.5. The smallest absolute Gasteiger partial charge is 0.256 e. The Bertz CT molecular complexity index is 1150. The van der Waals surface area contributed by atoms with Crippen LogP contribution in [0.2, 0.25) is 5.02 Å². The summed E-state index contributed by atoms with van der Waals surface area (Å²) in [6.45, 7) is 1.79. The normalized spacial score (nSPS) is 11.3. The third-order valence-corrected chi connectivity index (χ3v) is 5.89. The van der Waals surface area contributed by atoms with Gasteiger partial charge in [0.1, 0.15) is 5.82 Å². The molecule has 0 bridgehead atoms. The van der Waals surface area contributed by atoms with Crippen LogP contribution < -0.4 is 10.0 Å². The number of anilines is 1. The van der Waals surface area contributed by atoms with Crippen LogP contribution in [0.5, 0.6) is 0 Å². The molecule has 0 saturated heterocycles. The molecule has 0 aliphatic rings. The molecule has 3 rings (SSSR count). The molecule has 3 aromatic rings. The molecule has 0 radical (unpaired) electrons. The number of nitrogens with one attached hydrogen (secondary N) is 2. The van der Waals surface area contributed by atoms with Crippen LogP contribution in [-0.2, 0) is 16.6 Å². The first-order valence-corrected chi connectivity index (χ1v) is 10.5. The van der Waals surface area contributed by atoms with Crippen molar-refractivity contribution in [2.45, 2.75) is 18.4 Å². The van der Waals surface area contributed by atoms with Crippen molar-refractivity contribution in [3.8, 4) is 0 Å². The molecule has 0 spiro atoms. The molecule has 3 aromatic carbocycles. The number of halogens is 2. The Morgan fingerprint density at radius 1 is 1.03 bits per heavy atom. The maximum Gasteiger partial charge on any atom is 0.256 e. The number of amides is 1. The second-order valence-corrected chi connectivity index (χ2v) is 8.57. The molecular formula is C21H18ClFN2O3S. The van der Waals surface area contributed by atoms with Gasteiger partial charge in [-0.2, -0.15) is 0 Å². The highest BCUT2D eigenvalue weighted by Gasteiger charge is 2.19. The molecule has 0 aliphatic carbocycles. The first-order chi connectivity index (χ1) is 13.8. The molecule has 2 N–H and O–H groups in total. The van der Waals surface area contributed by atoms with Crippen LogP contribution in [0.4, 0.5) is 10.1 Å². The van der Waals surface area contributed by atoms with Crippen LogP contribution in [-0.4, -0.2) is 14.3 Å². The van der Waals surface area contributed by atoms with Crippen LogP contribution in [0.3, 0.4) is 0 Å². The van der Waals surface area contributed by atoms with E-state index in [0.717, 1.165) is 11.6 Å². The fourth-order valence-corrected chi connectivity index (χ4v) is 3.85. The zero-order valence-electron chi connectivity index (χ0n) is 15.4. The van der Waals surface area contributed by atoms with E-state index in [1.54, 1.807) is 19.1 Å². The summed E-state index contributed by atoms with van der Waals surface area (Å²) in [5, 5.41) is 2.65. The Morgan fingerprint density at radius 2 is 1.76 bits per heavy atom. The quantitative estimate of drug-likeness (QED) is 0.601. The highest BCUT2D eigenvalue weighted by atomic mass is 35.5. The lowest BCUT2D eigenvalue weighted by molar-refractivity contribution is 0.102. The summed E-state index contributed by atoms with van der Waals surface area (Å²) in [6.07, 6.45) is 0. The largest absolute Gasteiger partial charge is 0.319 e. The van der Waals surface area contributed by atoms with E-state index in [-0.39, 0.29) is 27.7 Å². The number of aryl methyl sites for hydroxylation is 1. The third kappa shape index (κ3) is 5.20. The molecule has 0 fully saturated rings. The zero-order chi connectivity index (χ0) is 21.0. The minimum atomic E-state index is -3.84. The predicted molar refractivity (Wildman–Crippen MR) is 111 cm³/mol. The number of hydrogen-bond donors (Lipinski definition) is 2. The minimum Gasteiger partial charge on any atom is -0.319 e. The molecule has 29 heavy (non-hydrogen) atoms. The Labute approximate surface area is 173 Å². The van der Waals surface area contributed by atoms with Gasteiger partial charge in [-0.3, -0.25) is 4.79 Å². The molecule has 0 heterocycles. The van der Waals surface area contributed by atoms with Crippen LogP contribution in [0.15, 0.2) is 71.6 Å². The first kappa shape index (κ1) is 21.0. The van der Waals surface area contributed by atoms with Gasteiger partial charge >= 0.3 is 0 Å². The number of rotatable bonds is 6. The molecule has 0 saturated carbocycles. The summed E-state index contributed by atoms with van der Waals surface area (Å²) in [5.41, 5.74) is 1.44. The average Bonchev–Trinajstić information content (AvgIpc) is 2.69. The van der Waals surface area contributed by atoms with Crippen molar-refractivity contribution in [3.63, 3.8) is 0 Å². The monoisotopic (exact) mass is 432 g/mol. The standard InChI is InChI=1S/C21H18ClFN2O3S/c1-14-7-9-17(29(27,28)24-13-15-5-3-2-4-6-15)12-18(14)21(26)25-20-10-8-16(22)11-19(20)23/h2-12,24H,13H2,1H3,(H,25,26). The Hall–Kier alpha value is -2.74. The lowest BCUT2D eigenvalue weighted by Gasteiger charge is -2.12. The van der Waals surface area contributed by atoms with Gasteiger partial charge in [0.05, 0.1) is 10.6 Å². The lowest BCUT2D eigenvalue weighted by atomic mass is 10.1. The van der Waals surface area contributed by atoms with E-state index in [4.69, 9.17) is 11.6 Å². The van der Waals surface area contributed by atoms with E-state index >= 15 is 0 Å². The molecule has 0 atom stereocenters. The molecule has 5 nitrogen and oxygen atoms in total. The van der Waals surface area contributed by atoms with E-state index in [0.29, 0.717) is 5.56 Å². The second-order valence-electron chi connectivity index (χ2n) is 6.37. The van der Waals surface area contributed by atoms with Crippen molar-refractivity contribution in [2.75, 3.05) is 5.32 Å².